The third kappa shape index (κ3) is 4.54. The Balaban J connectivity index is 1.67. The predicted molar refractivity (Wildman–Crippen MR) is 133 cm³/mol. The second-order valence-electron chi connectivity index (χ2n) is 7.30. The number of carbonyl (C=O) groups is 1. The van der Waals surface area contributed by atoms with Crippen molar-refractivity contribution >= 4 is 50.8 Å². The fraction of sp³-hybridized carbons (Fsp3) is 0.192. The molecule has 32 heavy (non-hydrogen) atoms. The van der Waals surface area contributed by atoms with Crippen molar-refractivity contribution in [2.45, 2.75) is 20.5 Å². The first-order valence-corrected chi connectivity index (χ1v) is 11.7. The quantitative estimate of drug-likeness (QED) is 0.320. The SMILES string of the molecule is CCOc1cc(/C=C2\C(=O)N(CC)c3ccccc32)cc(Br)c1OCc1ccc(Cl)cc1. The summed E-state index contributed by atoms with van der Waals surface area (Å²) in [6.07, 6.45) is 1.91. The van der Waals surface area contributed by atoms with Gasteiger partial charge in [-0.2, -0.15) is 0 Å². The third-order valence-corrected chi connectivity index (χ3v) is 6.06. The predicted octanol–water partition coefficient (Wildman–Crippen LogP) is 6.99. The molecular formula is C26H23BrClNO3. The molecule has 0 fully saturated rings. The van der Waals surface area contributed by atoms with Gasteiger partial charge < -0.3 is 14.4 Å². The standard InChI is InChI=1S/C26H23BrClNO3/c1-3-29-23-8-6-5-7-20(23)21(26(29)30)13-18-14-22(27)25(24(15-18)31-4-2)32-16-17-9-11-19(28)12-10-17/h5-15H,3-4,16H2,1-2H3/b21-13-. The molecule has 4 rings (SSSR count). The van der Waals surface area contributed by atoms with Gasteiger partial charge in [0.15, 0.2) is 11.5 Å². The number of benzene rings is 3. The zero-order valence-corrected chi connectivity index (χ0v) is 20.2. The van der Waals surface area contributed by atoms with Crippen LogP contribution in [0.4, 0.5) is 5.69 Å². The Morgan fingerprint density at radius 2 is 1.78 bits per heavy atom. The molecule has 0 aliphatic carbocycles. The van der Waals surface area contributed by atoms with Crippen LogP contribution in [0, 0.1) is 0 Å². The Labute approximate surface area is 201 Å². The number of para-hydroxylation sites is 1. The lowest BCUT2D eigenvalue weighted by molar-refractivity contribution is -0.112. The summed E-state index contributed by atoms with van der Waals surface area (Å²) in [5.74, 6) is 1.25. The lowest BCUT2D eigenvalue weighted by atomic mass is 10.0. The topological polar surface area (TPSA) is 38.8 Å². The molecule has 6 heteroatoms. The first-order valence-electron chi connectivity index (χ1n) is 10.5. The number of ether oxygens (including phenoxy) is 2. The summed E-state index contributed by atoms with van der Waals surface area (Å²) in [6.45, 7) is 5.41. The molecule has 1 heterocycles. The number of halogens is 2. The van der Waals surface area contributed by atoms with Crippen LogP contribution in [0.25, 0.3) is 11.6 Å². The molecule has 0 radical (unpaired) electrons. The fourth-order valence-electron chi connectivity index (χ4n) is 3.74. The number of fused-ring (bicyclic) bond motifs is 1. The maximum atomic E-state index is 13.0. The van der Waals surface area contributed by atoms with Gasteiger partial charge in [0.2, 0.25) is 0 Å². The minimum absolute atomic E-state index is 0.00541. The normalized spacial score (nSPS) is 14.1. The van der Waals surface area contributed by atoms with E-state index in [9.17, 15) is 4.79 Å². The second-order valence-corrected chi connectivity index (χ2v) is 8.59. The average Bonchev–Trinajstić information content (AvgIpc) is 3.05. The average molecular weight is 513 g/mol. The zero-order valence-electron chi connectivity index (χ0n) is 17.9. The first-order chi connectivity index (χ1) is 15.5. The number of anilines is 1. The number of hydrogen-bond acceptors (Lipinski definition) is 3. The Morgan fingerprint density at radius 1 is 1.03 bits per heavy atom. The van der Waals surface area contributed by atoms with Crippen molar-refractivity contribution < 1.29 is 14.3 Å². The Kier molecular flexibility index (Phi) is 6.87. The van der Waals surface area contributed by atoms with Gasteiger partial charge in [0.05, 0.1) is 16.8 Å². The van der Waals surface area contributed by atoms with Gasteiger partial charge in [-0.05, 0) is 77.3 Å². The minimum atomic E-state index is 0.00541. The van der Waals surface area contributed by atoms with Crippen LogP contribution in [0.1, 0.15) is 30.5 Å². The van der Waals surface area contributed by atoms with E-state index >= 15 is 0 Å². The summed E-state index contributed by atoms with van der Waals surface area (Å²) in [6, 6.07) is 19.2. The smallest absolute Gasteiger partial charge is 0.258 e. The van der Waals surface area contributed by atoms with Crippen molar-refractivity contribution in [3.05, 3.63) is 86.8 Å². The molecule has 0 saturated carbocycles. The van der Waals surface area contributed by atoms with Crippen molar-refractivity contribution in [3.63, 3.8) is 0 Å². The van der Waals surface area contributed by atoms with E-state index < -0.39 is 0 Å². The third-order valence-electron chi connectivity index (χ3n) is 5.22. The van der Waals surface area contributed by atoms with Crippen molar-refractivity contribution in [2.24, 2.45) is 0 Å². The summed E-state index contributed by atoms with van der Waals surface area (Å²) in [5, 5.41) is 0.687. The summed E-state index contributed by atoms with van der Waals surface area (Å²) in [4.78, 5) is 14.8. The van der Waals surface area contributed by atoms with Gasteiger partial charge in [0.1, 0.15) is 6.61 Å². The van der Waals surface area contributed by atoms with E-state index in [1.165, 1.54) is 0 Å². The van der Waals surface area contributed by atoms with E-state index in [2.05, 4.69) is 15.9 Å². The number of likely N-dealkylation sites (N-methyl/N-ethyl adjacent to an activating group) is 1. The summed E-state index contributed by atoms with van der Waals surface area (Å²) < 4.78 is 12.7. The monoisotopic (exact) mass is 511 g/mol. The molecule has 3 aromatic rings. The van der Waals surface area contributed by atoms with E-state index in [0.29, 0.717) is 41.9 Å². The Hall–Kier alpha value is -2.76. The number of amides is 1. The molecule has 4 nitrogen and oxygen atoms in total. The minimum Gasteiger partial charge on any atom is -0.490 e. The molecule has 0 saturated heterocycles. The highest BCUT2D eigenvalue weighted by atomic mass is 79.9. The molecule has 0 atom stereocenters. The molecule has 0 N–H and O–H groups in total. The molecule has 3 aromatic carbocycles. The molecule has 164 valence electrons. The van der Waals surface area contributed by atoms with Crippen LogP contribution in [0.5, 0.6) is 11.5 Å². The van der Waals surface area contributed by atoms with Gasteiger partial charge in [0, 0.05) is 22.7 Å². The largest absolute Gasteiger partial charge is 0.490 e. The summed E-state index contributed by atoms with van der Waals surface area (Å²) >= 11 is 9.59. The molecule has 0 unspecified atom stereocenters. The van der Waals surface area contributed by atoms with Crippen LogP contribution in [0.15, 0.2) is 65.1 Å². The summed E-state index contributed by atoms with van der Waals surface area (Å²) in [5.41, 5.74) is 4.42. The lowest BCUT2D eigenvalue weighted by Gasteiger charge is -2.15. The van der Waals surface area contributed by atoms with Crippen molar-refractivity contribution in [1.82, 2.24) is 0 Å². The van der Waals surface area contributed by atoms with Crippen LogP contribution in [0.3, 0.4) is 0 Å². The highest BCUT2D eigenvalue weighted by Crippen LogP contribution is 2.41. The van der Waals surface area contributed by atoms with E-state index in [4.69, 9.17) is 21.1 Å². The van der Waals surface area contributed by atoms with Crippen molar-refractivity contribution in [2.75, 3.05) is 18.1 Å². The fourth-order valence-corrected chi connectivity index (χ4v) is 4.44. The van der Waals surface area contributed by atoms with Crippen LogP contribution >= 0.6 is 27.5 Å². The second kappa shape index (κ2) is 9.80. The highest BCUT2D eigenvalue weighted by Gasteiger charge is 2.30. The van der Waals surface area contributed by atoms with Crippen LogP contribution in [0.2, 0.25) is 5.02 Å². The number of hydrogen-bond donors (Lipinski definition) is 0. The van der Waals surface area contributed by atoms with Crippen LogP contribution in [-0.4, -0.2) is 19.1 Å². The maximum Gasteiger partial charge on any atom is 0.258 e. The molecule has 0 spiro atoms. The van der Waals surface area contributed by atoms with Gasteiger partial charge in [-0.25, -0.2) is 0 Å². The highest BCUT2D eigenvalue weighted by molar-refractivity contribution is 9.10. The summed E-state index contributed by atoms with van der Waals surface area (Å²) in [7, 11) is 0. The number of rotatable bonds is 7. The molecule has 1 aliphatic rings. The van der Waals surface area contributed by atoms with Crippen LogP contribution in [-0.2, 0) is 11.4 Å². The van der Waals surface area contributed by atoms with Gasteiger partial charge in [-0.1, -0.05) is 41.9 Å². The van der Waals surface area contributed by atoms with Gasteiger partial charge in [-0.15, -0.1) is 0 Å². The first kappa shape index (κ1) is 22.4. The molecule has 1 amide bonds. The van der Waals surface area contributed by atoms with Crippen molar-refractivity contribution in [3.8, 4) is 11.5 Å². The Morgan fingerprint density at radius 3 is 2.50 bits per heavy atom. The lowest BCUT2D eigenvalue weighted by Crippen LogP contribution is -2.25. The molecule has 0 aromatic heterocycles. The van der Waals surface area contributed by atoms with E-state index in [1.807, 2.05) is 80.6 Å². The number of carbonyl (C=O) groups excluding carboxylic acids is 1. The van der Waals surface area contributed by atoms with Gasteiger partial charge >= 0.3 is 0 Å². The van der Waals surface area contributed by atoms with E-state index in [0.717, 1.165) is 26.9 Å². The maximum absolute atomic E-state index is 13.0. The zero-order chi connectivity index (χ0) is 22.7. The van der Waals surface area contributed by atoms with E-state index in [-0.39, 0.29) is 5.91 Å². The molecule has 1 aliphatic heterocycles. The van der Waals surface area contributed by atoms with Crippen molar-refractivity contribution in [1.29, 1.82) is 0 Å². The molecule has 0 bridgehead atoms. The van der Waals surface area contributed by atoms with E-state index in [1.54, 1.807) is 4.90 Å². The van der Waals surface area contributed by atoms with Gasteiger partial charge in [-0.3, -0.25) is 4.79 Å². The van der Waals surface area contributed by atoms with Gasteiger partial charge in [0.25, 0.3) is 5.91 Å². The number of nitrogens with zero attached hydrogens (tertiary/aromatic N) is 1. The molecular weight excluding hydrogens is 490 g/mol. The Bertz CT molecular complexity index is 1170. The van der Waals surface area contributed by atoms with Crippen LogP contribution < -0.4 is 14.4 Å².